The van der Waals surface area contributed by atoms with E-state index in [-0.39, 0.29) is 12.2 Å². The van der Waals surface area contributed by atoms with Crippen LogP contribution in [0.5, 0.6) is 0 Å². The summed E-state index contributed by atoms with van der Waals surface area (Å²) in [5, 5.41) is 3.95. The van der Waals surface area contributed by atoms with E-state index in [1.807, 2.05) is 42.0 Å². The van der Waals surface area contributed by atoms with Crippen molar-refractivity contribution in [3.05, 3.63) is 75.2 Å². The van der Waals surface area contributed by atoms with Gasteiger partial charge in [-0.2, -0.15) is 0 Å². The first-order valence-corrected chi connectivity index (χ1v) is 11.4. The molecular formula is C20H18N2O3S3. The van der Waals surface area contributed by atoms with Gasteiger partial charge in [0.15, 0.2) is 4.80 Å². The minimum Gasteiger partial charge on any atom is -0.463 e. The number of ether oxygens (including phenoxy) is 1. The Hall–Kier alpha value is -2.29. The van der Waals surface area contributed by atoms with Gasteiger partial charge in [0.25, 0.3) is 5.56 Å². The topological polar surface area (TPSA) is 60.7 Å². The van der Waals surface area contributed by atoms with Crippen LogP contribution in [0.4, 0.5) is 0 Å². The van der Waals surface area contributed by atoms with Crippen LogP contribution >= 0.6 is 34.0 Å². The van der Waals surface area contributed by atoms with Gasteiger partial charge in [-0.15, -0.1) is 22.7 Å². The van der Waals surface area contributed by atoms with Gasteiger partial charge in [-0.3, -0.25) is 9.36 Å². The number of allylic oxidation sites excluding steroid dienone is 1. The van der Waals surface area contributed by atoms with E-state index in [1.54, 1.807) is 29.8 Å². The first kappa shape index (κ1) is 19.0. The summed E-state index contributed by atoms with van der Waals surface area (Å²) in [5.74, 6) is -0.425. The second-order valence-corrected chi connectivity index (χ2v) is 9.22. The molecule has 144 valence electrons. The summed E-state index contributed by atoms with van der Waals surface area (Å²) < 4.78 is 7.52. The molecule has 28 heavy (non-hydrogen) atoms. The third-order valence-electron chi connectivity index (χ3n) is 4.49. The van der Waals surface area contributed by atoms with Gasteiger partial charge in [-0.05, 0) is 55.3 Å². The van der Waals surface area contributed by atoms with E-state index in [4.69, 9.17) is 4.74 Å². The number of carbonyl (C=O) groups excluding carboxylic acids is 1. The van der Waals surface area contributed by atoms with Gasteiger partial charge in [0.05, 0.1) is 22.4 Å². The zero-order valence-corrected chi connectivity index (χ0v) is 18.0. The molecule has 1 aliphatic heterocycles. The lowest BCUT2D eigenvalue weighted by molar-refractivity contribution is -0.139. The second-order valence-electron chi connectivity index (χ2n) is 6.29. The molecule has 0 aliphatic carbocycles. The van der Waals surface area contributed by atoms with Crippen LogP contribution in [0.3, 0.4) is 0 Å². The number of esters is 1. The van der Waals surface area contributed by atoms with Crippen molar-refractivity contribution >= 4 is 46.1 Å². The molecule has 3 aromatic rings. The van der Waals surface area contributed by atoms with Crippen LogP contribution in [-0.2, 0) is 9.53 Å². The van der Waals surface area contributed by atoms with Crippen molar-refractivity contribution in [2.45, 2.75) is 26.8 Å². The van der Waals surface area contributed by atoms with Crippen LogP contribution in [0.2, 0.25) is 0 Å². The average Bonchev–Trinajstić information content (AvgIpc) is 3.38. The highest BCUT2D eigenvalue weighted by molar-refractivity contribution is 7.11. The Bertz CT molecular complexity index is 1240. The van der Waals surface area contributed by atoms with Crippen molar-refractivity contribution in [2.75, 3.05) is 6.61 Å². The van der Waals surface area contributed by atoms with Gasteiger partial charge in [-0.25, -0.2) is 9.79 Å². The number of aryl methyl sites for hydroxylation is 1. The van der Waals surface area contributed by atoms with Crippen LogP contribution in [0.25, 0.3) is 6.08 Å². The van der Waals surface area contributed by atoms with Crippen LogP contribution in [0.1, 0.15) is 35.2 Å². The number of hydrogen-bond acceptors (Lipinski definition) is 7. The largest absolute Gasteiger partial charge is 0.463 e. The predicted molar refractivity (Wildman–Crippen MR) is 114 cm³/mol. The van der Waals surface area contributed by atoms with E-state index < -0.39 is 12.0 Å². The highest BCUT2D eigenvalue weighted by atomic mass is 32.1. The molecule has 0 bridgehead atoms. The first-order chi connectivity index (χ1) is 13.5. The fourth-order valence-electron chi connectivity index (χ4n) is 3.16. The molecule has 4 rings (SSSR count). The number of fused-ring (bicyclic) bond motifs is 1. The monoisotopic (exact) mass is 430 g/mol. The Morgan fingerprint density at radius 3 is 2.75 bits per heavy atom. The van der Waals surface area contributed by atoms with Crippen LogP contribution in [0.15, 0.2) is 50.0 Å². The van der Waals surface area contributed by atoms with E-state index in [0.29, 0.717) is 20.6 Å². The summed E-state index contributed by atoms with van der Waals surface area (Å²) >= 11 is 4.47. The van der Waals surface area contributed by atoms with Crippen LogP contribution < -0.4 is 14.9 Å². The fraction of sp³-hybridized carbons (Fsp3) is 0.250. The molecule has 1 atom stereocenters. The lowest BCUT2D eigenvalue weighted by Crippen LogP contribution is -2.39. The maximum atomic E-state index is 13.3. The summed E-state index contributed by atoms with van der Waals surface area (Å²) in [5.41, 5.74) is 2.02. The third-order valence-corrected chi connectivity index (χ3v) is 7.37. The normalized spacial score (nSPS) is 16.8. The van der Waals surface area contributed by atoms with E-state index in [1.165, 1.54) is 22.7 Å². The zero-order chi connectivity index (χ0) is 19.8. The molecule has 0 aromatic carbocycles. The molecular weight excluding hydrogens is 412 g/mol. The molecule has 4 heterocycles. The average molecular weight is 431 g/mol. The van der Waals surface area contributed by atoms with Crippen LogP contribution in [0, 0.1) is 6.92 Å². The molecule has 0 spiro atoms. The third kappa shape index (κ3) is 3.21. The molecule has 0 fully saturated rings. The smallest absolute Gasteiger partial charge is 0.338 e. The number of hydrogen-bond donors (Lipinski definition) is 0. The van der Waals surface area contributed by atoms with Crippen molar-refractivity contribution in [3.8, 4) is 0 Å². The lowest BCUT2D eigenvalue weighted by atomic mass is 10.0. The van der Waals surface area contributed by atoms with E-state index in [9.17, 15) is 9.59 Å². The van der Waals surface area contributed by atoms with Gasteiger partial charge >= 0.3 is 5.97 Å². The van der Waals surface area contributed by atoms with E-state index in [2.05, 4.69) is 4.99 Å². The van der Waals surface area contributed by atoms with Gasteiger partial charge in [0, 0.05) is 9.75 Å². The Labute approximate surface area is 173 Å². The number of thiophene rings is 2. The molecule has 0 radical (unpaired) electrons. The Morgan fingerprint density at radius 1 is 1.29 bits per heavy atom. The van der Waals surface area contributed by atoms with Crippen molar-refractivity contribution in [2.24, 2.45) is 4.99 Å². The summed E-state index contributed by atoms with van der Waals surface area (Å²) in [4.78, 5) is 33.1. The zero-order valence-electron chi connectivity index (χ0n) is 15.6. The number of rotatable bonds is 4. The quantitative estimate of drug-likeness (QED) is 0.597. The summed E-state index contributed by atoms with van der Waals surface area (Å²) in [7, 11) is 0. The van der Waals surface area contributed by atoms with Crippen molar-refractivity contribution in [1.29, 1.82) is 0 Å². The number of aromatic nitrogens is 1. The molecule has 0 N–H and O–H groups in total. The maximum Gasteiger partial charge on any atom is 0.338 e. The lowest BCUT2D eigenvalue weighted by Gasteiger charge is -2.23. The van der Waals surface area contributed by atoms with Crippen molar-refractivity contribution in [1.82, 2.24) is 4.57 Å². The molecule has 3 aromatic heterocycles. The fourth-order valence-corrected chi connectivity index (χ4v) is 5.94. The Balaban J connectivity index is 1.96. The number of thiazole rings is 1. The highest BCUT2D eigenvalue weighted by Gasteiger charge is 2.33. The molecule has 5 nitrogen and oxygen atoms in total. The second kappa shape index (κ2) is 7.62. The standard InChI is InChI=1S/C20H18N2O3S3/c1-4-25-19(24)16-12(3)21-20-22(17(16)13-6-5-8-26-13)18(23)15(28-20)10-14-11(2)7-9-27-14/h5-10,17H,4H2,1-3H3. The Kier molecular flexibility index (Phi) is 5.18. The SMILES string of the molecule is CCOC(=O)C1=C(C)N=c2sc(=Cc3sccc3C)c(=O)n2C1c1cccs1. The first-order valence-electron chi connectivity index (χ1n) is 8.78. The number of carbonyl (C=O) groups is 1. The Morgan fingerprint density at radius 2 is 2.11 bits per heavy atom. The molecule has 0 saturated carbocycles. The van der Waals surface area contributed by atoms with Crippen molar-refractivity contribution in [3.63, 3.8) is 0 Å². The highest BCUT2D eigenvalue weighted by Crippen LogP contribution is 2.33. The molecule has 1 aliphatic rings. The predicted octanol–water partition coefficient (Wildman–Crippen LogP) is 3.23. The van der Waals surface area contributed by atoms with Crippen molar-refractivity contribution < 1.29 is 9.53 Å². The molecule has 8 heteroatoms. The number of nitrogens with zero attached hydrogens (tertiary/aromatic N) is 2. The van der Waals surface area contributed by atoms with Gasteiger partial charge in [0.1, 0.15) is 6.04 Å². The summed E-state index contributed by atoms with van der Waals surface area (Å²) in [6, 6.07) is 5.38. The van der Waals surface area contributed by atoms with E-state index in [0.717, 1.165) is 15.3 Å². The van der Waals surface area contributed by atoms with Gasteiger partial charge in [-0.1, -0.05) is 17.4 Å². The van der Waals surface area contributed by atoms with Gasteiger partial charge < -0.3 is 4.74 Å². The van der Waals surface area contributed by atoms with Crippen LogP contribution in [-0.4, -0.2) is 17.1 Å². The summed E-state index contributed by atoms with van der Waals surface area (Å²) in [6.07, 6.45) is 1.92. The minimum absolute atomic E-state index is 0.135. The molecule has 0 saturated heterocycles. The summed E-state index contributed by atoms with van der Waals surface area (Å²) in [6.45, 7) is 5.87. The molecule has 1 unspecified atom stereocenters. The maximum absolute atomic E-state index is 13.3. The minimum atomic E-state index is -0.512. The van der Waals surface area contributed by atoms with Gasteiger partial charge in [0.2, 0.25) is 0 Å². The van der Waals surface area contributed by atoms with E-state index >= 15 is 0 Å². The molecule has 0 amide bonds.